The third-order valence-electron chi connectivity index (χ3n) is 2.70. The Morgan fingerprint density at radius 3 is 2.76 bits per heavy atom. The zero-order chi connectivity index (χ0) is 12.3. The van der Waals surface area contributed by atoms with Crippen LogP contribution in [0.5, 0.6) is 0 Å². The number of pyridine rings is 1. The molecule has 0 saturated heterocycles. The number of rotatable bonds is 4. The largest absolute Gasteiger partial charge is 0.468 e. The van der Waals surface area contributed by atoms with E-state index in [1.54, 1.807) is 12.5 Å². The molecule has 4 heteroatoms. The number of hydrogen-bond donors (Lipinski definition) is 1. The second-order valence-corrected chi connectivity index (χ2v) is 4.06. The third kappa shape index (κ3) is 2.91. The predicted octanol–water partition coefficient (Wildman–Crippen LogP) is 3.23. The van der Waals surface area contributed by atoms with Gasteiger partial charge in [0.2, 0.25) is 0 Å². The standard InChI is InChI=1S/C13H15FN2O/c1-9(11-6-12(14)8-15-7-11)16-10(2)13-4-3-5-17-13/h3-10,16H,1-2H3/t9?,10-/m0/s1. The van der Waals surface area contributed by atoms with Gasteiger partial charge in [-0.25, -0.2) is 4.39 Å². The molecule has 0 amide bonds. The fourth-order valence-corrected chi connectivity index (χ4v) is 1.76. The Hall–Kier alpha value is -1.68. The monoisotopic (exact) mass is 234 g/mol. The molecule has 0 fully saturated rings. The van der Waals surface area contributed by atoms with Gasteiger partial charge < -0.3 is 9.73 Å². The molecule has 0 aromatic carbocycles. The van der Waals surface area contributed by atoms with Crippen LogP contribution in [0.25, 0.3) is 0 Å². The molecule has 0 radical (unpaired) electrons. The van der Waals surface area contributed by atoms with E-state index in [0.29, 0.717) is 0 Å². The molecule has 2 aromatic rings. The molecule has 0 spiro atoms. The van der Waals surface area contributed by atoms with Gasteiger partial charge in [0, 0.05) is 12.2 Å². The third-order valence-corrected chi connectivity index (χ3v) is 2.70. The maximum atomic E-state index is 13.0. The number of halogens is 1. The highest BCUT2D eigenvalue weighted by Crippen LogP contribution is 2.19. The van der Waals surface area contributed by atoms with Crippen molar-refractivity contribution in [1.82, 2.24) is 10.3 Å². The van der Waals surface area contributed by atoms with Crippen LogP contribution < -0.4 is 5.32 Å². The van der Waals surface area contributed by atoms with E-state index in [-0.39, 0.29) is 17.9 Å². The number of hydrogen-bond acceptors (Lipinski definition) is 3. The summed E-state index contributed by atoms with van der Waals surface area (Å²) in [6, 6.07) is 5.33. The van der Waals surface area contributed by atoms with Crippen molar-refractivity contribution in [3.8, 4) is 0 Å². The van der Waals surface area contributed by atoms with E-state index in [1.165, 1.54) is 12.3 Å². The van der Waals surface area contributed by atoms with Crippen molar-refractivity contribution in [2.45, 2.75) is 25.9 Å². The molecule has 0 aliphatic rings. The van der Waals surface area contributed by atoms with Crippen molar-refractivity contribution in [2.75, 3.05) is 0 Å². The first kappa shape index (κ1) is 11.8. The van der Waals surface area contributed by atoms with Gasteiger partial charge in [0.1, 0.15) is 11.6 Å². The number of nitrogens with zero attached hydrogens (tertiary/aromatic N) is 1. The van der Waals surface area contributed by atoms with Gasteiger partial charge in [-0.3, -0.25) is 4.98 Å². The van der Waals surface area contributed by atoms with E-state index in [0.717, 1.165) is 11.3 Å². The van der Waals surface area contributed by atoms with E-state index in [2.05, 4.69) is 10.3 Å². The lowest BCUT2D eigenvalue weighted by Gasteiger charge is -2.18. The fourth-order valence-electron chi connectivity index (χ4n) is 1.76. The molecule has 0 bridgehead atoms. The van der Waals surface area contributed by atoms with E-state index >= 15 is 0 Å². The topological polar surface area (TPSA) is 38.1 Å². The Morgan fingerprint density at radius 1 is 1.29 bits per heavy atom. The van der Waals surface area contributed by atoms with E-state index < -0.39 is 0 Å². The minimum atomic E-state index is -0.318. The van der Waals surface area contributed by atoms with Crippen LogP contribution in [-0.4, -0.2) is 4.98 Å². The van der Waals surface area contributed by atoms with Gasteiger partial charge in [0.15, 0.2) is 0 Å². The first-order valence-electron chi connectivity index (χ1n) is 5.56. The fraction of sp³-hybridized carbons (Fsp3) is 0.308. The number of furan rings is 1. The van der Waals surface area contributed by atoms with Crippen LogP contribution in [-0.2, 0) is 0 Å². The average molecular weight is 234 g/mol. The van der Waals surface area contributed by atoms with Crippen LogP contribution in [0.15, 0.2) is 41.3 Å². The van der Waals surface area contributed by atoms with Crippen LogP contribution in [0.1, 0.15) is 37.3 Å². The van der Waals surface area contributed by atoms with Gasteiger partial charge in [0.05, 0.1) is 18.5 Å². The lowest BCUT2D eigenvalue weighted by Crippen LogP contribution is -2.22. The highest BCUT2D eigenvalue weighted by Gasteiger charge is 2.13. The maximum absolute atomic E-state index is 13.0. The minimum Gasteiger partial charge on any atom is -0.468 e. The summed E-state index contributed by atoms with van der Waals surface area (Å²) in [6.07, 6.45) is 4.50. The lowest BCUT2D eigenvalue weighted by atomic mass is 10.1. The summed E-state index contributed by atoms with van der Waals surface area (Å²) in [5, 5.41) is 3.33. The van der Waals surface area contributed by atoms with Crippen molar-refractivity contribution in [3.05, 3.63) is 54.0 Å². The Balaban J connectivity index is 2.04. The van der Waals surface area contributed by atoms with Gasteiger partial charge in [-0.05, 0) is 37.6 Å². The molecule has 2 atom stereocenters. The van der Waals surface area contributed by atoms with Crippen LogP contribution in [0, 0.1) is 5.82 Å². The molecule has 90 valence electrons. The van der Waals surface area contributed by atoms with Gasteiger partial charge in [0.25, 0.3) is 0 Å². The molecule has 2 rings (SSSR count). The molecule has 1 N–H and O–H groups in total. The summed E-state index contributed by atoms with van der Waals surface area (Å²) in [7, 11) is 0. The van der Waals surface area contributed by atoms with Crippen LogP contribution in [0.3, 0.4) is 0 Å². The zero-order valence-electron chi connectivity index (χ0n) is 9.85. The summed E-state index contributed by atoms with van der Waals surface area (Å²) < 4.78 is 18.3. The van der Waals surface area contributed by atoms with Crippen LogP contribution in [0.4, 0.5) is 4.39 Å². The van der Waals surface area contributed by atoms with Crippen LogP contribution >= 0.6 is 0 Å². The SMILES string of the molecule is CC(N[C@@H](C)c1ccco1)c1cncc(F)c1. The highest BCUT2D eigenvalue weighted by molar-refractivity contribution is 5.15. The number of aromatic nitrogens is 1. The molecule has 0 aliphatic carbocycles. The Morgan fingerprint density at radius 2 is 2.12 bits per heavy atom. The minimum absolute atomic E-state index is 0.0123. The second-order valence-electron chi connectivity index (χ2n) is 4.06. The lowest BCUT2D eigenvalue weighted by molar-refractivity contribution is 0.402. The Kier molecular flexibility index (Phi) is 3.54. The smallest absolute Gasteiger partial charge is 0.141 e. The first-order valence-corrected chi connectivity index (χ1v) is 5.56. The van der Waals surface area contributed by atoms with Crippen LogP contribution in [0.2, 0.25) is 0 Å². The summed E-state index contributed by atoms with van der Waals surface area (Å²) >= 11 is 0. The zero-order valence-corrected chi connectivity index (χ0v) is 9.85. The van der Waals surface area contributed by atoms with E-state index in [9.17, 15) is 4.39 Å². The van der Waals surface area contributed by atoms with Crippen molar-refractivity contribution < 1.29 is 8.81 Å². The Labute approximate surface area is 99.7 Å². The number of nitrogens with one attached hydrogen (secondary N) is 1. The average Bonchev–Trinajstić information content (AvgIpc) is 2.82. The van der Waals surface area contributed by atoms with E-state index in [4.69, 9.17) is 4.42 Å². The molecular formula is C13H15FN2O. The van der Waals surface area contributed by atoms with Gasteiger partial charge >= 0.3 is 0 Å². The highest BCUT2D eigenvalue weighted by atomic mass is 19.1. The molecule has 1 unspecified atom stereocenters. The summed E-state index contributed by atoms with van der Waals surface area (Å²) in [5.74, 6) is 0.544. The summed E-state index contributed by atoms with van der Waals surface area (Å²) in [6.45, 7) is 3.97. The van der Waals surface area contributed by atoms with Gasteiger partial charge in [-0.2, -0.15) is 0 Å². The van der Waals surface area contributed by atoms with Crippen molar-refractivity contribution in [2.24, 2.45) is 0 Å². The molecule has 2 aromatic heterocycles. The molecule has 2 heterocycles. The molecular weight excluding hydrogens is 219 g/mol. The maximum Gasteiger partial charge on any atom is 0.141 e. The summed E-state index contributed by atoms with van der Waals surface area (Å²) in [5.41, 5.74) is 0.823. The quantitative estimate of drug-likeness (QED) is 0.882. The van der Waals surface area contributed by atoms with Gasteiger partial charge in [-0.1, -0.05) is 0 Å². The van der Waals surface area contributed by atoms with E-state index in [1.807, 2.05) is 26.0 Å². The van der Waals surface area contributed by atoms with Crippen molar-refractivity contribution >= 4 is 0 Å². The van der Waals surface area contributed by atoms with Gasteiger partial charge in [-0.15, -0.1) is 0 Å². The van der Waals surface area contributed by atoms with Crippen molar-refractivity contribution in [3.63, 3.8) is 0 Å². The molecule has 0 saturated carbocycles. The normalized spacial score (nSPS) is 14.5. The molecule has 3 nitrogen and oxygen atoms in total. The summed E-state index contributed by atoms with van der Waals surface area (Å²) in [4.78, 5) is 3.84. The Bertz CT molecular complexity index is 470. The van der Waals surface area contributed by atoms with Crippen molar-refractivity contribution in [1.29, 1.82) is 0 Å². The predicted molar refractivity (Wildman–Crippen MR) is 62.9 cm³/mol. The molecule has 0 aliphatic heterocycles. The second kappa shape index (κ2) is 5.10. The molecule has 17 heavy (non-hydrogen) atoms. The first-order chi connectivity index (χ1) is 8.16.